The number of rotatable bonds is 5. The second-order valence-electron chi connectivity index (χ2n) is 8.66. The molecule has 3 aromatic rings. The summed E-state index contributed by atoms with van der Waals surface area (Å²) >= 11 is 0. The topological polar surface area (TPSA) is 40.6 Å². The molecule has 0 spiro atoms. The van der Waals surface area contributed by atoms with E-state index in [1.807, 2.05) is 19.1 Å². The molecule has 1 saturated carbocycles. The summed E-state index contributed by atoms with van der Waals surface area (Å²) in [6.45, 7) is 4.49. The van der Waals surface area contributed by atoms with Crippen molar-refractivity contribution in [3.8, 4) is 0 Å². The lowest BCUT2D eigenvalue weighted by atomic mass is 9.96. The van der Waals surface area contributed by atoms with Crippen molar-refractivity contribution < 1.29 is 8.42 Å². The predicted octanol–water partition coefficient (Wildman–Crippen LogP) is 4.38. The van der Waals surface area contributed by atoms with Crippen LogP contribution in [0.4, 0.5) is 0 Å². The average molecular weight is 433 g/mol. The molecule has 1 aliphatic heterocycles. The fourth-order valence-electron chi connectivity index (χ4n) is 5.10. The minimum atomic E-state index is -3.45. The van der Waals surface area contributed by atoms with Crippen molar-refractivity contribution >= 4 is 10.0 Å². The van der Waals surface area contributed by atoms with Crippen LogP contribution in [-0.2, 0) is 15.6 Å². The Labute approximate surface area is 185 Å². The minimum Gasteiger partial charge on any atom is -0.290 e. The van der Waals surface area contributed by atoms with Gasteiger partial charge in [0.2, 0.25) is 10.0 Å². The molecule has 31 heavy (non-hydrogen) atoms. The second-order valence-corrected chi connectivity index (χ2v) is 10.6. The van der Waals surface area contributed by atoms with Gasteiger partial charge in [0.25, 0.3) is 0 Å². The zero-order chi connectivity index (χ0) is 21.5. The lowest BCUT2D eigenvalue weighted by Gasteiger charge is -2.40. The van der Waals surface area contributed by atoms with Gasteiger partial charge in [-0.15, -0.1) is 0 Å². The van der Waals surface area contributed by atoms with Gasteiger partial charge in [-0.2, -0.15) is 4.31 Å². The average Bonchev–Trinajstić information content (AvgIpc) is 3.58. The van der Waals surface area contributed by atoms with E-state index in [2.05, 4.69) is 65.6 Å². The van der Waals surface area contributed by atoms with Crippen LogP contribution in [0.15, 0.2) is 89.8 Å². The zero-order valence-corrected chi connectivity index (χ0v) is 18.6. The molecule has 4 nitrogen and oxygen atoms in total. The minimum absolute atomic E-state index is 0.0394. The highest BCUT2D eigenvalue weighted by Crippen LogP contribution is 2.62. The molecule has 0 aromatic heterocycles. The van der Waals surface area contributed by atoms with Crippen molar-refractivity contribution in [2.24, 2.45) is 0 Å². The molecule has 5 heteroatoms. The highest BCUT2D eigenvalue weighted by molar-refractivity contribution is 7.89. The Balaban J connectivity index is 1.38. The van der Waals surface area contributed by atoms with Gasteiger partial charge in [0, 0.05) is 32.1 Å². The number of hydrogen-bond acceptors (Lipinski definition) is 3. The van der Waals surface area contributed by atoms with E-state index in [0.717, 1.165) is 25.1 Å². The Bertz CT molecular complexity index is 1140. The van der Waals surface area contributed by atoms with Gasteiger partial charge in [-0.1, -0.05) is 78.4 Å². The van der Waals surface area contributed by atoms with E-state index in [1.54, 1.807) is 16.4 Å². The van der Waals surface area contributed by atoms with Crippen LogP contribution in [0.25, 0.3) is 0 Å². The molecular formula is C26H28N2O2S. The molecule has 3 aromatic carbocycles. The van der Waals surface area contributed by atoms with Crippen molar-refractivity contribution in [3.63, 3.8) is 0 Å². The van der Waals surface area contributed by atoms with Crippen molar-refractivity contribution in [3.05, 3.63) is 102 Å². The Kier molecular flexibility index (Phi) is 5.21. The lowest BCUT2D eigenvalue weighted by Crippen LogP contribution is -2.52. The van der Waals surface area contributed by atoms with Crippen LogP contribution in [0, 0.1) is 6.92 Å². The van der Waals surface area contributed by atoms with Crippen molar-refractivity contribution in [2.75, 3.05) is 26.2 Å². The first kappa shape index (κ1) is 20.4. The van der Waals surface area contributed by atoms with Crippen molar-refractivity contribution in [2.45, 2.75) is 29.7 Å². The molecule has 160 valence electrons. The van der Waals surface area contributed by atoms with Crippen LogP contribution in [0.2, 0.25) is 0 Å². The Morgan fingerprint density at radius 1 is 0.774 bits per heavy atom. The van der Waals surface area contributed by atoms with E-state index in [1.165, 1.54) is 11.1 Å². The summed E-state index contributed by atoms with van der Waals surface area (Å²) < 4.78 is 27.9. The molecule has 5 rings (SSSR count). The third-order valence-corrected chi connectivity index (χ3v) is 8.78. The normalized spacial score (nSPS) is 24.7. The number of piperazine rings is 1. The van der Waals surface area contributed by atoms with Gasteiger partial charge in [0.05, 0.1) is 10.4 Å². The molecule has 2 aliphatic rings. The Morgan fingerprint density at radius 2 is 1.35 bits per heavy atom. The van der Waals surface area contributed by atoms with Crippen LogP contribution in [0.5, 0.6) is 0 Å². The molecule has 0 unspecified atom stereocenters. The highest BCUT2D eigenvalue weighted by Gasteiger charge is 2.60. The third-order valence-electron chi connectivity index (χ3n) is 6.87. The maximum absolute atomic E-state index is 13.1. The van der Waals surface area contributed by atoms with E-state index in [9.17, 15) is 8.42 Å². The summed E-state index contributed by atoms with van der Waals surface area (Å²) in [5.74, 6) is 0.441. The van der Waals surface area contributed by atoms with Gasteiger partial charge < -0.3 is 0 Å². The molecule has 0 radical (unpaired) electrons. The number of benzene rings is 3. The van der Waals surface area contributed by atoms with Gasteiger partial charge in [0.15, 0.2) is 0 Å². The smallest absolute Gasteiger partial charge is 0.243 e. The quantitative estimate of drug-likeness (QED) is 0.601. The number of sulfonamides is 1. The Hall–Kier alpha value is -2.47. The standard InChI is InChI=1S/C26H28N2O2S/c1-21-12-14-24(15-13-21)31(29,30)28-18-16-27(17-19-28)26(23-10-6-3-7-11-23)20-25(26)22-8-4-2-5-9-22/h2-15,25H,16-20H2,1H3/t25-,26+/m1/s1. The molecule has 0 bridgehead atoms. The Morgan fingerprint density at radius 3 is 1.97 bits per heavy atom. The molecular weight excluding hydrogens is 404 g/mol. The first-order chi connectivity index (χ1) is 15.0. The predicted molar refractivity (Wildman–Crippen MR) is 123 cm³/mol. The van der Waals surface area contributed by atoms with Crippen LogP contribution in [0.1, 0.15) is 29.0 Å². The van der Waals surface area contributed by atoms with E-state index < -0.39 is 10.0 Å². The monoisotopic (exact) mass is 432 g/mol. The fraction of sp³-hybridized carbons (Fsp3) is 0.308. The number of hydrogen-bond donors (Lipinski definition) is 0. The van der Waals surface area contributed by atoms with E-state index in [4.69, 9.17) is 0 Å². The van der Waals surface area contributed by atoms with Crippen LogP contribution >= 0.6 is 0 Å². The zero-order valence-electron chi connectivity index (χ0n) is 17.8. The summed E-state index contributed by atoms with van der Waals surface area (Å²) in [5, 5.41) is 0. The summed E-state index contributed by atoms with van der Waals surface area (Å²) in [7, 11) is -3.45. The van der Waals surface area contributed by atoms with Gasteiger partial charge in [-0.05, 0) is 36.6 Å². The number of aryl methyl sites for hydroxylation is 1. The van der Waals surface area contributed by atoms with Crippen molar-refractivity contribution in [1.29, 1.82) is 0 Å². The first-order valence-corrected chi connectivity index (χ1v) is 12.4. The van der Waals surface area contributed by atoms with Gasteiger partial charge in [0.1, 0.15) is 0 Å². The van der Waals surface area contributed by atoms with Crippen LogP contribution in [-0.4, -0.2) is 43.8 Å². The molecule has 1 saturated heterocycles. The third kappa shape index (κ3) is 3.61. The maximum atomic E-state index is 13.1. The molecule has 2 atom stereocenters. The van der Waals surface area contributed by atoms with Crippen LogP contribution < -0.4 is 0 Å². The van der Waals surface area contributed by atoms with Crippen molar-refractivity contribution in [1.82, 2.24) is 9.21 Å². The summed E-state index contributed by atoms with van der Waals surface area (Å²) in [4.78, 5) is 2.90. The van der Waals surface area contributed by atoms with Gasteiger partial charge in [-0.25, -0.2) is 8.42 Å². The molecule has 2 fully saturated rings. The lowest BCUT2D eigenvalue weighted by molar-refractivity contribution is 0.116. The van der Waals surface area contributed by atoms with E-state index in [0.29, 0.717) is 23.9 Å². The fourth-order valence-corrected chi connectivity index (χ4v) is 6.52. The summed E-state index contributed by atoms with van der Waals surface area (Å²) in [6.07, 6.45) is 1.08. The van der Waals surface area contributed by atoms with Crippen LogP contribution in [0.3, 0.4) is 0 Å². The molecule has 1 aliphatic carbocycles. The second kappa shape index (κ2) is 7.90. The summed E-state index contributed by atoms with van der Waals surface area (Å²) in [6, 6.07) is 28.6. The van der Waals surface area contributed by atoms with E-state index >= 15 is 0 Å². The largest absolute Gasteiger partial charge is 0.290 e. The molecule has 0 N–H and O–H groups in total. The van der Waals surface area contributed by atoms with Gasteiger partial charge in [-0.3, -0.25) is 4.90 Å². The van der Waals surface area contributed by atoms with Gasteiger partial charge >= 0.3 is 0 Å². The summed E-state index contributed by atoms with van der Waals surface area (Å²) in [5.41, 5.74) is 3.72. The van der Waals surface area contributed by atoms with E-state index in [-0.39, 0.29) is 5.54 Å². The first-order valence-electron chi connectivity index (χ1n) is 10.9. The molecule has 1 heterocycles. The SMILES string of the molecule is Cc1ccc(S(=O)(=O)N2CCN([C@]3(c4ccccc4)C[C@@H]3c3ccccc3)CC2)cc1. The highest BCUT2D eigenvalue weighted by atomic mass is 32.2. The molecule has 0 amide bonds. The number of nitrogens with zero attached hydrogens (tertiary/aromatic N) is 2. The maximum Gasteiger partial charge on any atom is 0.243 e.